The van der Waals surface area contributed by atoms with E-state index in [2.05, 4.69) is 20.8 Å². The molecular formula is C46H64N2O16S3-2. The van der Waals surface area contributed by atoms with E-state index in [4.69, 9.17) is 23.4 Å². The Hall–Kier alpha value is -4.03. The zero-order chi connectivity index (χ0) is 49.5. The van der Waals surface area contributed by atoms with E-state index >= 15 is 0 Å². The Morgan fingerprint density at radius 3 is 2.06 bits per heavy atom. The lowest BCUT2D eigenvalue weighted by Gasteiger charge is -2.31. The van der Waals surface area contributed by atoms with Crippen LogP contribution in [0.25, 0.3) is 17.4 Å². The maximum absolute atomic E-state index is 12.2. The van der Waals surface area contributed by atoms with Crippen molar-refractivity contribution in [3.8, 4) is 11.3 Å². The van der Waals surface area contributed by atoms with E-state index in [0.29, 0.717) is 106 Å². The summed E-state index contributed by atoms with van der Waals surface area (Å²) in [4.78, 5) is 12.7. The van der Waals surface area contributed by atoms with Gasteiger partial charge in [-0.25, -0.2) is 29.8 Å². The number of carboxylic acid groups (broad SMARTS) is 1. The number of anilines is 1. The Morgan fingerprint density at radius 2 is 1.45 bits per heavy atom. The number of nitrogens with zero attached hydrogens (tertiary/aromatic N) is 2. The number of carbonyl (C=O) groups is 1. The highest BCUT2D eigenvalue weighted by atomic mass is 32.2. The van der Waals surface area contributed by atoms with Gasteiger partial charge in [0.05, 0.1) is 70.8 Å². The van der Waals surface area contributed by atoms with E-state index in [0.717, 1.165) is 11.1 Å². The monoisotopic (exact) mass is 996 g/mol. The zero-order valence-corrected chi connectivity index (χ0v) is 41.3. The average molecular weight is 997 g/mol. The summed E-state index contributed by atoms with van der Waals surface area (Å²) in [6.45, 7) is 11.7. The summed E-state index contributed by atoms with van der Waals surface area (Å²) in [5.74, 6) is -1.14. The van der Waals surface area contributed by atoms with Gasteiger partial charge in [0.1, 0.15) is 34.8 Å². The van der Waals surface area contributed by atoms with Gasteiger partial charge < -0.3 is 47.0 Å². The van der Waals surface area contributed by atoms with Crippen molar-refractivity contribution in [1.82, 2.24) is 4.58 Å². The maximum atomic E-state index is 12.2. The van der Waals surface area contributed by atoms with E-state index in [1.54, 1.807) is 32.3 Å². The maximum Gasteiger partial charge on any atom is 0.303 e. The standard InChI is InChI=1S/C46H66N2O16S3/c1-45(2,3)39-33-36(64-42-32-35(15-17-38(39)42)47(20-11-31-66(54,55)56)22-23-61-26-27-63-29-28-62-25-24-60-5)12-9-13-43-46(4,19-10-30-65(51,52)53)40-34-37(67(57,58)59)16-18-41(40)48(43)21-8-6-7-14-44(49)50/h9,12-13,15-18,32-34H,6-8,10-11,14,19-31H2,1-5H3,(H3-,49,50,51,52,53,54,55,56,57,58,59)/p-2. The second-order valence-electron chi connectivity index (χ2n) is 17.5. The van der Waals surface area contributed by atoms with Crippen molar-refractivity contribution in [2.45, 2.75) is 88.4 Å². The van der Waals surface area contributed by atoms with Gasteiger partial charge in [-0.1, -0.05) is 33.3 Å². The van der Waals surface area contributed by atoms with Crippen LogP contribution in [0.5, 0.6) is 0 Å². The van der Waals surface area contributed by atoms with Gasteiger partial charge in [-0.15, -0.1) is 0 Å². The van der Waals surface area contributed by atoms with E-state index < -0.39 is 58.1 Å². The Morgan fingerprint density at radius 1 is 0.806 bits per heavy atom. The molecule has 0 saturated heterocycles. The molecule has 0 fully saturated rings. The lowest BCUT2D eigenvalue weighted by molar-refractivity contribution is -0.137. The van der Waals surface area contributed by atoms with E-state index in [1.807, 2.05) is 33.7 Å². The van der Waals surface area contributed by atoms with Crippen LogP contribution in [0, 0.1) is 0 Å². The molecule has 2 aliphatic heterocycles. The van der Waals surface area contributed by atoms with Gasteiger partial charge in [0.15, 0.2) is 6.54 Å². The van der Waals surface area contributed by atoms with E-state index in [9.17, 15) is 48.8 Å². The number of hydrogen-bond acceptors (Lipinski definition) is 16. The van der Waals surface area contributed by atoms with E-state index in [-0.39, 0.29) is 44.2 Å². The Balaban J connectivity index is 1.75. The molecule has 374 valence electrons. The first-order chi connectivity index (χ1) is 31.4. The summed E-state index contributed by atoms with van der Waals surface area (Å²) < 4.78 is 136. The summed E-state index contributed by atoms with van der Waals surface area (Å²) in [5, 5.41) is 9.87. The first kappa shape index (κ1) is 55.6. The third-order valence-electron chi connectivity index (χ3n) is 11.3. The fourth-order valence-electron chi connectivity index (χ4n) is 8.01. The van der Waals surface area contributed by atoms with Crippen molar-refractivity contribution in [2.24, 2.45) is 0 Å². The molecule has 0 aromatic heterocycles. The second-order valence-corrected chi connectivity index (χ2v) is 21.9. The minimum absolute atomic E-state index is 0.0108. The summed E-state index contributed by atoms with van der Waals surface area (Å²) >= 11 is 0. The van der Waals surface area contributed by atoms with Gasteiger partial charge >= 0.3 is 5.97 Å². The highest BCUT2D eigenvalue weighted by molar-refractivity contribution is 7.86. The van der Waals surface area contributed by atoms with Crippen molar-refractivity contribution < 1.29 is 72.2 Å². The molecule has 1 N–H and O–H groups in total. The van der Waals surface area contributed by atoms with Crippen LogP contribution in [0.4, 0.5) is 5.69 Å². The summed E-state index contributed by atoms with van der Waals surface area (Å²) in [6.07, 6.45) is 6.96. The van der Waals surface area contributed by atoms with Crippen LogP contribution in [0.15, 0.2) is 69.6 Å². The van der Waals surface area contributed by atoms with E-state index in [1.165, 1.54) is 18.2 Å². The van der Waals surface area contributed by atoms with Gasteiger partial charge in [0.2, 0.25) is 5.36 Å². The Bertz CT molecular complexity index is 2560. The number of fused-ring (bicyclic) bond motifs is 2. The molecule has 3 aliphatic rings. The third kappa shape index (κ3) is 17.8. The number of benzene rings is 2. The van der Waals surface area contributed by atoms with Crippen LogP contribution in [-0.2, 0) is 64.9 Å². The first-order valence-corrected chi connectivity index (χ1v) is 26.7. The number of carboxylic acids is 1. The topological polar surface area (TPSA) is 265 Å². The number of hydrogen-bond donors (Lipinski definition) is 1. The van der Waals surface area contributed by atoms with Crippen LogP contribution >= 0.6 is 0 Å². The quantitative estimate of drug-likeness (QED) is 0.0564. The molecule has 1 aromatic rings. The fourth-order valence-corrected chi connectivity index (χ4v) is 9.48. The molecule has 67 heavy (non-hydrogen) atoms. The van der Waals surface area contributed by atoms with Gasteiger partial charge in [0, 0.05) is 66.4 Å². The molecule has 0 saturated carbocycles. The summed E-state index contributed by atoms with van der Waals surface area (Å²) in [7, 11) is -12.3. The van der Waals surface area contributed by atoms with Crippen molar-refractivity contribution in [3.63, 3.8) is 0 Å². The van der Waals surface area contributed by atoms with Crippen LogP contribution < -0.4 is 14.8 Å². The minimum atomic E-state index is -4.88. The molecule has 1 atom stereocenters. The number of rotatable bonds is 29. The van der Waals surface area contributed by atoms with Crippen LogP contribution in [0.1, 0.15) is 89.5 Å². The van der Waals surface area contributed by atoms with Gasteiger partial charge in [0.25, 0.3) is 0 Å². The summed E-state index contributed by atoms with van der Waals surface area (Å²) in [5.41, 5.74) is 2.04. The zero-order valence-electron chi connectivity index (χ0n) is 38.9. The van der Waals surface area contributed by atoms with Gasteiger partial charge in [-0.2, -0.15) is 0 Å². The van der Waals surface area contributed by atoms with Crippen LogP contribution in [0.3, 0.4) is 0 Å². The molecule has 0 spiro atoms. The lowest BCUT2D eigenvalue weighted by atomic mass is 9.77. The Labute approximate surface area is 394 Å². The van der Waals surface area contributed by atoms with Crippen molar-refractivity contribution in [1.29, 1.82) is 0 Å². The molecule has 1 unspecified atom stereocenters. The molecular weight excluding hydrogens is 933 g/mol. The van der Waals surface area contributed by atoms with Crippen LogP contribution in [0.2, 0.25) is 0 Å². The average Bonchev–Trinajstić information content (AvgIpc) is 3.45. The number of methoxy groups -OCH3 is 1. The number of ether oxygens (including phenoxy) is 4. The lowest BCUT2D eigenvalue weighted by Crippen LogP contribution is -2.35. The highest BCUT2D eigenvalue weighted by Gasteiger charge is 2.43. The smallest absolute Gasteiger partial charge is 0.303 e. The molecule has 21 heteroatoms. The fraction of sp³-hybridized carbons (Fsp3) is 0.565. The number of aliphatic carboxylic acids is 1. The molecule has 0 bridgehead atoms. The molecule has 1 aliphatic carbocycles. The first-order valence-electron chi connectivity index (χ1n) is 22.2. The van der Waals surface area contributed by atoms with Crippen molar-refractivity contribution in [3.05, 3.63) is 82.6 Å². The van der Waals surface area contributed by atoms with Crippen molar-refractivity contribution >= 4 is 48.1 Å². The largest absolute Gasteiger partial charge is 0.748 e. The second kappa shape index (κ2) is 25.0. The van der Waals surface area contributed by atoms with Crippen molar-refractivity contribution in [2.75, 3.05) is 89.4 Å². The SMILES string of the molecule is COCCOCCOCCOCC[N+](CCCS(=O)(=O)[O-])=c1ccc2c(C(C)(C)C)cc(/C=C/C=C3/N(CCCCCC(=O)O)c4ccc(S(=O)(=O)[O-])cc4C3(C)CCCS(=O)(=O)[O-])oc-2c1. The Kier molecular flexibility index (Phi) is 20.7. The summed E-state index contributed by atoms with van der Waals surface area (Å²) in [6, 6.07) is 11.6. The number of unbranched alkanes of at least 4 members (excludes halogenated alkanes) is 2. The molecule has 4 rings (SSSR count). The molecule has 0 amide bonds. The predicted octanol–water partition coefficient (Wildman–Crippen LogP) is 4.64. The molecule has 1 aromatic carbocycles. The predicted molar refractivity (Wildman–Crippen MR) is 249 cm³/mol. The molecule has 0 radical (unpaired) electrons. The molecule has 18 nitrogen and oxygen atoms in total. The van der Waals surface area contributed by atoms with Gasteiger partial charge in [-0.3, -0.25) is 4.79 Å². The minimum Gasteiger partial charge on any atom is -0.748 e. The number of allylic oxidation sites excluding steroid dienone is 3. The third-order valence-corrected chi connectivity index (χ3v) is 13.7. The highest BCUT2D eigenvalue weighted by Crippen LogP contribution is 2.51. The molecule has 2 heterocycles. The normalized spacial score (nSPS) is 17.0. The van der Waals surface area contributed by atoms with Crippen LogP contribution in [-0.4, -0.2) is 134 Å². The van der Waals surface area contributed by atoms with Gasteiger partial charge in [-0.05, 0) is 91.6 Å².